The summed E-state index contributed by atoms with van der Waals surface area (Å²) in [7, 11) is 1.51. The molecule has 1 saturated heterocycles. The van der Waals surface area contributed by atoms with Gasteiger partial charge in [0.15, 0.2) is 5.96 Å². The first-order chi connectivity index (χ1) is 20.9. The highest BCUT2D eigenvalue weighted by atomic mass is 19.1. The third kappa shape index (κ3) is 5.71. The van der Waals surface area contributed by atoms with Crippen LogP contribution in [0.1, 0.15) is 66.0 Å². The number of benzene rings is 2. The molecule has 0 radical (unpaired) electrons. The summed E-state index contributed by atoms with van der Waals surface area (Å²) in [6.07, 6.45) is 4.39. The van der Waals surface area contributed by atoms with E-state index in [1.54, 1.807) is 23.0 Å². The van der Waals surface area contributed by atoms with Gasteiger partial charge in [-0.05, 0) is 93.0 Å². The first-order valence-corrected chi connectivity index (χ1v) is 16.1. The van der Waals surface area contributed by atoms with E-state index in [1.807, 2.05) is 25.1 Å². The average Bonchev–Trinajstić information content (AvgIpc) is 2.98. The SMILES string of the molecule is COc1ccc(C[C@@H](C)n2cnc3cc(NC(=N[C@H]4C[C@H]5C[C@@H]([C@@H]4C)C5(C)C)N4C[C@H](C)N[C@@H](C)C4)ccc3c2=O)c(F)c1. The van der Waals surface area contributed by atoms with E-state index in [9.17, 15) is 9.18 Å². The normalized spacial score (nSPS) is 28.8. The Morgan fingerprint density at radius 3 is 2.57 bits per heavy atom. The fourth-order valence-electron chi connectivity index (χ4n) is 8.04. The van der Waals surface area contributed by atoms with E-state index in [4.69, 9.17) is 9.73 Å². The first-order valence-electron chi connectivity index (χ1n) is 16.1. The largest absolute Gasteiger partial charge is 0.497 e. The lowest BCUT2D eigenvalue weighted by molar-refractivity contribution is -0.108. The standard InChI is InChI=1S/C35H47FN6O2/c1-20-17-41(18-21(2)38-20)34(40-31-14-25-13-29(23(31)4)35(25,5)6)39-26-9-11-28-32(15-26)37-19-42(33(28)43)22(3)12-24-8-10-27(44-7)16-30(24)36/h8-11,15-16,19-23,25,29,31,38H,12-14,17-18H2,1-7H3,(H,39,40)/t20-,21-,22+,23-,25+,29-,31-/m0/s1. The van der Waals surface area contributed by atoms with E-state index in [0.717, 1.165) is 37.1 Å². The number of nitrogens with zero attached hydrogens (tertiary/aromatic N) is 4. The molecular weight excluding hydrogens is 555 g/mol. The minimum atomic E-state index is -0.345. The van der Waals surface area contributed by atoms with Gasteiger partial charge in [-0.3, -0.25) is 9.36 Å². The van der Waals surface area contributed by atoms with Gasteiger partial charge in [-0.15, -0.1) is 0 Å². The van der Waals surface area contributed by atoms with Crippen molar-refractivity contribution >= 4 is 22.5 Å². The molecule has 0 spiro atoms. The molecule has 8 nitrogen and oxygen atoms in total. The van der Waals surface area contributed by atoms with Crippen LogP contribution in [0.3, 0.4) is 0 Å². The molecule has 3 aromatic rings. The zero-order valence-electron chi connectivity index (χ0n) is 27.1. The number of hydrogen-bond donors (Lipinski definition) is 2. The van der Waals surface area contributed by atoms with E-state index >= 15 is 0 Å². The smallest absolute Gasteiger partial charge is 0.261 e. The number of anilines is 1. The van der Waals surface area contributed by atoms with E-state index in [-0.39, 0.29) is 23.5 Å². The Hall–Kier alpha value is -3.46. The molecule has 4 fully saturated rings. The lowest BCUT2D eigenvalue weighted by atomic mass is 9.45. The van der Waals surface area contributed by atoms with Crippen LogP contribution < -0.4 is 20.9 Å². The molecule has 7 rings (SSSR count). The van der Waals surface area contributed by atoms with Crippen LogP contribution in [-0.2, 0) is 6.42 Å². The number of rotatable bonds is 6. The van der Waals surface area contributed by atoms with Gasteiger partial charge in [0.2, 0.25) is 0 Å². The maximum Gasteiger partial charge on any atom is 0.261 e. The highest BCUT2D eigenvalue weighted by Gasteiger charge is 2.56. The van der Waals surface area contributed by atoms with Crippen LogP contribution in [0.2, 0.25) is 0 Å². The molecule has 2 bridgehead atoms. The average molecular weight is 603 g/mol. The third-order valence-electron chi connectivity index (χ3n) is 10.7. The Labute approximate surface area is 260 Å². The monoisotopic (exact) mass is 602 g/mol. The van der Waals surface area contributed by atoms with Crippen LogP contribution >= 0.6 is 0 Å². The van der Waals surface area contributed by atoms with Gasteiger partial charge in [0, 0.05) is 43.0 Å². The molecule has 9 heteroatoms. The van der Waals surface area contributed by atoms with Crippen LogP contribution in [-0.4, -0.2) is 58.7 Å². The zero-order chi connectivity index (χ0) is 31.3. The van der Waals surface area contributed by atoms with Gasteiger partial charge >= 0.3 is 0 Å². The Bertz CT molecular complexity index is 1610. The quantitative estimate of drug-likeness (QED) is 0.271. The van der Waals surface area contributed by atoms with Gasteiger partial charge in [0.05, 0.1) is 30.4 Å². The second-order valence-corrected chi connectivity index (χ2v) is 14.2. The van der Waals surface area contributed by atoms with Crippen molar-refractivity contribution in [3.05, 3.63) is 64.5 Å². The van der Waals surface area contributed by atoms with E-state index in [2.05, 4.69) is 55.1 Å². The Morgan fingerprint density at radius 1 is 1.16 bits per heavy atom. The molecule has 3 saturated carbocycles. The maximum absolute atomic E-state index is 14.6. The number of fused-ring (bicyclic) bond motifs is 3. The van der Waals surface area contributed by atoms with Crippen LogP contribution in [0.5, 0.6) is 5.75 Å². The van der Waals surface area contributed by atoms with Gasteiger partial charge < -0.3 is 20.3 Å². The molecule has 2 N–H and O–H groups in total. The number of ether oxygens (including phenoxy) is 1. The molecule has 44 heavy (non-hydrogen) atoms. The number of guanidine groups is 1. The number of aliphatic imine (C=N–C) groups is 1. The number of aromatic nitrogens is 2. The third-order valence-corrected chi connectivity index (χ3v) is 10.7. The minimum Gasteiger partial charge on any atom is -0.497 e. The van der Waals surface area contributed by atoms with E-state index < -0.39 is 0 Å². The fraction of sp³-hybridized carbons (Fsp3) is 0.571. The predicted octanol–water partition coefficient (Wildman–Crippen LogP) is 5.87. The summed E-state index contributed by atoms with van der Waals surface area (Å²) in [6.45, 7) is 15.3. The van der Waals surface area contributed by atoms with Crippen molar-refractivity contribution in [3.63, 3.8) is 0 Å². The van der Waals surface area contributed by atoms with Gasteiger partial charge in [-0.25, -0.2) is 14.4 Å². The molecule has 3 aliphatic carbocycles. The number of methoxy groups -OCH3 is 1. The van der Waals surface area contributed by atoms with Crippen LogP contribution in [0.4, 0.5) is 10.1 Å². The Balaban J connectivity index is 1.26. The topological polar surface area (TPSA) is 83.8 Å². The van der Waals surface area contributed by atoms with Gasteiger partial charge in [0.1, 0.15) is 11.6 Å². The minimum absolute atomic E-state index is 0.139. The van der Waals surface area contributed by atoms with E-state index in [1.165, 1.54) is 19.6 Å². The Kier molecular flexibility index (Phi) is 8.20. The lowest BCUT2D eigenvalue weighted by Crippen LogP contribution is -2.59. The van der Waals surface area contributed by atoms with Crippen molar-refractivity contribution in [2.45, 2.75) is 85.0 Å². The summed E-state index contributed by atoms with van der Waals surface area (Å²) in [5.41, 5.74) is 2.28. The Morgan fingerprint density at radius 2 is 1.91 bits per heavy atom. The van der Waals surface area contributed by atoms with Crippen molar-refractivity contribution < 1.29 is 9.13 Å². The molecule has 0 amide bonds. The van der Waals surface area contributed by atoms with Crippen molar-refractivity contribution in [2.24, 2.45) is 28.2 Å². The molecule has 1 aliphatic heterocycles. The maximum atomic E-state index is 14.6. The predicted molar refractivity (Wildman–Crippen MR) is 175 cm³/mol. The summed E-state index contributed by atoms with van der Waals surface area (Å²) in [6, 6.07) is 11.3. The van der Waals surface area contributed by atoms with Gasteiger partial charge in [0.25, 0.3) is 5.56 Å². The molecule has 7 atom stereocenters. The van der Waals surface area contributed by atoms with Crippen molar-refractivity contribution in [2.75, 3.05) is 25.5 Å². The van der Waals surface area contributed by atoms with Crippen LogP contribution in [0.25, 0.3) is 10.9 Å². The second kappa shape index (κ2) is 11.8. The number of hydrogen-bond acceptors (Lipinski definition) is 5. The summed E-state index contributed by atoms with van der Waals surface area (Å²) >= 11 is 0. The number of piperazine rings is 1. The van der Waals surface area contributed by atoms with Crippen molar-refractivity contribution in [1.82, 2.24) is 19.8 Å². The van der Waals surface area contributed by atoms with Crippen molar-refractivity contribution in [3.8, 4) is 5.75 Å². The molecule has 1 aromatic heterocycles. The van der Waals surface area contributed by atoms with Gasteiger partial charge in [-0.1, -0.05) is 26.8 Å². The molecular formula is C35H47FN6O2. The zero-order valence-corrected chi connectivity index (χ0v) is 27.1. The van der Waals surface area contributed by atoms with Gasteiger partial charge in [-0.2, -0.15) is 0 Å². The number of nitrogens with one attached hydrogen (secondary N) is 2. The molecule has 2 aromatic carbocycles. The number of halogens is 1. The second-order valence-electron chi connectivity index (χ2n) is 14.2. The van der Waals surface area contributed by atoms with E-state index in [0.29, 0.717) is 58.0 Å². The first kappa shape index (κ1) is 30.6. The fourth-order valence-corrected chi connectivity index (χ4v) is 8.04. The summed E-state index contributed by atoms with van der Waals surface area (Å²) in [5, 5.41) is 7.82. The highest BCUT2D eigenvalue weighted by molar-refractivity contribution is 5.96. The molecule has 4 aliphatic rings. The summed E-state index contributed by atoms with van der Waals surface area (Å²) < 4.78 is 21.3. The summed E-state index contributed by atoms with van der Waals surface area (Å²) in [4.78, 5) is 26.0. The molecule has 236 valence electrons. The van der Waals surface area contributed by atoms with Crippen molar-refractivity contribution in [1.29, 1.82) is 0 Å². The van der Waals surface area contributed by atoms with Crippen LogP contribution in [0, 0.1) is 29.0 Å². The molecule has 2 heterocycles. The highest BCUT2D eigenvalue weighted by Crippen LogP contribution is 2.61. The lowest BCUT2D eigenvalue weighted by Gasteiger charge is -2.61. The summed E-state index contributed by atoms with van der Waals surface area (Å²) in [5.74, 6) is 3.01. The van der Waals surface area contributed by atoms with Crippen LogP contribution in [0.15, 0.2) is 52.5 Å². The molecule has 0 unspecified atom stereocenters.